The molecule has 1 atom stereocenters. The highest BCUT2D eigenvalue weighted by atomic mass is 16.1. The largest absolute Gasteiger partial charge is 0.352 e. The summed E-state index contributed by atoms with van der Waals surface area (Å²) in [7, 11) is 0. The van der Waals surface area contributed by atoms with Crippen molar-refractivity contribution in [1.29, 1.82) is 0 Å². The molecule has 1 fully saturated rings. The molecule has 1 unspecified atom stereocenters. The van der Waals surface area contributed by atoms with E-state index in [0.717, 1.165) is 12.0 Å². The van der Waals surface area contributed by atoms with Crippen LogP contribution in [0.15, 0.2) is 54.6 Å². The molecule has 114 valence electrons. The van der Waals surface area contributed by atoms with Gasteiger partial charge in [0, 0.05) is 6.04 Å². The molecular weight excluding hydrogens is 270 g/mol. The van der Waals surface area contributed by atoms with Crippen molar-refractivity contribution in [3.8, 4) is 0 Å². The maximum atomic E-state index is 12.3. The van der Waals surface area contributed by atoms with Gasteiger partial charge >= 0.3 is 0 Å². The lowest BCUT2D eigenvalue weighted by atomic mass is 10.0. The van der Waals surface area contributed by atoms with Gasteiger partial charge in [-0.25, -0.2) is 0 Å². The number of amides is 1. The third kappa shape index (κ3) is 4.20. The van der Waals surface area contributed by atoms with Crippen LogP contribution in [0.25, 0.3) is 0 Å². The quantitative estimate of drug-likeness (QED) is 0.865. The van der Waals surface area contributed by atoms with Crippen molar-refractivity contribution >= 4 is 5.91 Å². The first kappa shape index (κ1) is 14.8. The molecule has 3 rings (SSSR count). The zero-order chi connectivity index (χ0) is 15.4. The Labute approximate surface area is 132 Å². The second-order valence-electron chi connectivity index (χ2n) is 6.37. The molecule has 0 saturated heterocycles. The Morgan fingerprint density at radius 2 is 1.82 bits per heavy atom. The lowest BCUT2D eigenvalue weighted by molar-refractivity contribution is -0.121. The lowest BCUT2D eigenvalue weighted by Crippen LogP contribution is -2.39. The third-order valence-electron chi connectivity index (χ3n) is 4.28. The van der Waals surface area contributed by atoms with Crippen LogP contribution in [0.3, 0.4) is 0 Å². The van der Waals surface area contributed by atoms with Crippen LogP contribution in [0, 0.1) is 12.8 Å². The monoisotopic (exact) mass is 293 g/mol. The van der Waals surface area contributed by atoms with Gasteiger partial charge in [-0.3, -0.25) is 4.79 Å². The second kappa shape index (κ2) is 6.78. The Hall–Kier alpha value is -2.09. The maximum absolute atomic E-state index is 12.3. The number of hydrogen-bond donors (Lipinski definition) is 1. The van der Waals surface area contributed by atoms with E-state index in [1.54, 1.807) is 0 Å². The molecular formula is C20H23NO. The summed E-state index contributed by atoms with van der Waals surface area (Å²) in [5, 5.41) is 3.26. The number of carbonyl (C=O) groups is 1. The van der Waals surface area contributed by atoms with Crippen LogP contribution >= 0.6 is 0 Å². The van der Waals surface area contributed by atoms with Crippen molar-refractivity contribution < 1.29 is 4.79 Å². The minimum absolute atomic E-state index is 0.137. The fourth-order valence-corrected chi connectivity index (χ4v) is 2.97. The van der Waals surface area contributed by atoms with Gasteiger partial charge in [-0.05, 0) is 43.2 Å². The van der Waals surface area contributed by atoms with Crippen LogP contribution in [0.5, 0.6) is 0 Å². The highest BCUT2D eigenvalue weighted by Gasteiger charge is 2.32. The Balaban J connectivity index is 1.60. The molecule has 2 aromatic rings. The first-order valence-corrected chi connectivity index (χ1v) is 8.09. The molecule has 0 aliphatic heterocycles. The van der Waals surface area contributed by atoms with E-state index in [0.29, 0.717) is 12.3 Å². The van der Waals surface area contributed by atoms with Gasteiger partial charge < -0.3 is 5.32 Å². The first-order chi connectivity index (χ1) is 10.7. The molecule has 2 heteroatoms. The van der Waals surface area contributed by atoms with Crippen LogP contribution < -0.4 is 5.32 Å². The summed E-state index contributed by atoms with van der Waals surface area (Å²) in [5.74, 6) is 0.792. The van der Waals surface area contributed by atoms with Crippen LogP contribution in [-0.4, -0.2) is 11.9 Å². The first-order valence-electron chi connectivity index (χ1n) is 8.09. The summed E-state index contributed by atoms with van der Waals surface area (Å²) in [6, 6.07) is 18.9. The number of rotatable bonds is 6. The van der Waals surface area contributed by atoms with Crippen molar-refractivity contribution in [2.45, 2.75) is 38.6 Å². The molecule has 0 spiro atoms. The van der Waals surface area contributed by atoms with Gasteiger partial charge in [0.05, 0.1) is 6.42 Å². The summed E-state index contributed by atoms with van der Waals surface area (Å²) < 4.78 is 0. The average Bonchev–Trinajstić information content (AvgIpc) is 3.32. The highest BCUT2D eigenvalue weighted by molar-refractivity contribution is 5.79. The van der Waals surface area contributed by atoms with Gasteiger partial charge in [-0.2, -0.15) is 0 Å². The smallest absolute Gasteiger partial charge is 0.224 e. The highest BCUT2D eigenvalue weighted by Crippen LogP contribution is 2.34. The van der Waals surface area contributed by atoms with E-state index in [-0.39, 0.29) is 11.9 Å². The molecule has 1 aliphatic rings. The SMILES string of the molecule is Cc1cccc(CC(=O)NC(Cc2ccccc2)C2CC2)c1. The Bertz CT molecular complexity index is 631. The number of carbonyl (C=O) groups excluding carboxylic acids is 1. The van der Waals surface area contributed by atoms with Crippen molar-refractivity contribution in [1.82, 2.24) is 5.32 Å². The van der Waals surface area contributed by atoms with Crippen LogP contribution in [0.2, 0.25) is 0 Å². The van der Waals surface area contributed by atoms with Crippen LogP contribution in [0.1, 0.15) is 29.5 Å². The van der Waals surface area contributed by atoms with Gasteiger partial charge in [0.25, 0.3) is 0 Å². The van der Waals surface area contributed by atoms with E-state index in [9.17, 15) is 4.79 Å². The van der Waals surface area contributed by atoms with Gasteiger partial charge in [-0.1, -0.05) is 60.2 Å². The number of benzene rings is 2. The fraction of sp³-hybridized carbons (Fsp3) is 0.350. The number of hydrogen-bond acceptors (Lipinski definition) is 1. The third-order valence-corrected chi connectivity index (χ3v) is 4.28. The standard InChI is InChI=1S/C20H23NO/c1-15-6-5-9-17(12-15)14-20(22)21-19(18-10-11-18)13-16-7-3-2-4-8-16/h2-9,12,18-19H,10-11,13-14H2,1H3,(H,21,22). The number of nitrogens with one attached hydrogen (secondary N) is 1. The molecule has 2 nitrogen and oxygen atoms in total. The summed E-state index contributed by atoms with van der Waals surface area (Å²) in [6.45, 7) is 2.06. The van der Waals surface area contributed by atoms with Crippen molar-refractivity contribution in [2.24, 2.45) is 5.92 Å². The molecule has 1 amide bonds. The molecule has 22 heavy (non-hydrogen) atoms. The molecule has 0 heterocycles. The van der Waals surface area contributed by atoms with E-state index >= 15 is 0 Å². The summed E-state index contributed by atoms with van der Waals surface area (Å²) in [4.78, 5) is 12.3. The van der Waals surface area contributed by atoms with Gasteiger partial charge in [0.2, 0.25) is 5.91 Å². The molecule has 2 aromatic carbocycles. The predicted octanol–water partition coefficient (Wildman–Crippen LogP) is 3.68. The lowest BCUT2D eigenvalue weighted by Gasteiger charge is -2.18. The molecule has 0 aromatic heterocycles. The maximum Gasteiger partial charge on any atom is 0.224 e. The van der Waals surface area contributed by atoms with E-state index < -0.39 is 0 Å². The zero-order valence-corrected chi connectivity index (χ0v) is 13.1. The predicted molar refractivity (Wildman–Crippen MR) is 89.7 cm³/mol. The molecule has 1 aliphatic carbocycles. The van der Waals surface area contributed by atoms with Gasteiger partial charge in [0.15, 0.2) is 0 Å². The number of aryl methyl sites for hydroxylation is 1. The minimum atomic E-state index is 0.137. The van der Waals surface area contributed by atoms with E-state index in [1.165, 1.54) is 24.0 Å². The topological polar surface area (TPSA) is 29.1 Å². The van der Waals surface area contributed by atoms with Crippen LogP contribution in [-0.2, 0) is 17.6 Å². The summed E-state index contributed by atoms with van der Waals surface area (Å²) in [6.07, 6.45) is 3.88. The van der Waals surface area contributed by atoms with Crippen molar-refractivity contribution in [3.63, 3.8) is 0 Å². The average molecular weight is 293 g/mol. The molecule has 0 bridgehead atoms. The molecule has 1 N–H and O–H groups in total. The van der Waals surface area contributed by atoms with Gasteiger partial charge in [-0.15, -0.1) is 0 Å². The second-order valence-corrected chi connectivity index (χ2v) is 6.37. The Morgan fingerprint density at radius 3 is 2.50 bits per heavy atom. The normalized spacial score (nSPS) is 15.3. The van der Waals surface area contributed by atoms with Crippen molar-refractivity contribution in [2.75, 3.05) is 0 Å². The minimum Gasteiger partial charge on any atom is -0.352 e. The molecule has 1 saturated carbocycles. The summed E-state index contributed by atoms with van der Waals surface area (Å²) in [5.41, 5.74) is 3.59. The van der Waals surface area contributed by atoms with E-state index in [1.807, 2.05) is 18.2 Å². The fourth-order valence-electron chi connectivity index (χ4n) is 2.97. The van der Waals surface area contributed by atoms with E-state index in [2.05, 4.69) is 48.6 Å². The zero-order valence-electron chi connectivity index (χ0n) is 13.1. The van der Waals surface area contributed by atoms with Crippen molar-refractivity contribution in [3.05, 3.63) is 71.3 Å². The Morgan fingerprint density at radius 1 is 1.09 bits per heavy atom. The Kier molecular flexibility index (Phi) is 4.57. The molecule has 0 radical (unpaired) electrons. The van der Waals surface area contributed by atoms with Crippen LogP contribution in [0.4, 0.5) is 0 Å². The van der Waals surface area contributed by atoms with E-state index in [4.69, 9.17) is 0 Å². The van der Waals surface area contributed by atoms with Gasteiger partial charge in [0.1, 0.15) is 0 Å². The summed E-state index contributed by atoms with van der Waals surface area (Å²) >= 11 is 0.